The van der Waals surface area contributed by atoms with Gasteiger partial charge < -0.3 is 29.2 Å². The molecule has 174 valence electrons. The third kappa shape index (κ3) is 5.91. The van der Waals surface area contributed by atoms with Gasteiger partial charge in [-0.25, -0.2) is 4.79 Å². The van der Waals surface area contributed by atoms with Gasteiger partial charge in [0.2, 0.25) is 0 Å². The normalized spacial score (nSPS) is 11.8. The quantitative estimate of drug-likeness (QED) is 0.491. The van der Waals surface area contributed by atoms with Crippen molar-refractivity contribution in [3.63, 3.8) is 0 Å². The summed E-state index contributed by atoms with van der Waals surface area (Å²) in [5, 5.41) is 20.4. The van der Waals surface area contributed by atoms with Gasteiger partial charge in [-0.1, -0.05) is 13.8 Å². The summed E-state index contributed by atoms with van der Waals surface area (Å²) in [5.41, 5.74) is 1.50. The second kappa shape index (κ2) is 10.9. The molecule has 0 radical (unpaired) electrons. The van der Waals surface area contributed by atoms with Crippen molar-refractivity contribution in [2.45, 2.75) is 46.8 Å². The maximum Gasteiger partial charge on any atom is 0.343 e. The van der Waals surface area contributed by atoms with E-state index < -0.39 is 11.9 Å². The predicted octanol–water partition coefficient (Wildman–Crippen LogP) is 5.00. The molecule has 32 heavy (non-hydrogen) atoms. The molecule has 1 atom stereocenters. The SMILES string of the molecule is COc1c([C@H](CC(C)C)OC)ccc(Oc2c(O)cc(C)cc2COC(C)=O)c1C(=O)O. The Morgan fingerprint density at radius 3 is 2.31 bits per heavy atom. The number of carboxylic acids is 1. The zero-order valence-corrected chi connectivity index (χ0v) is 19.2. The van der Waals surface area contributed by atoms with E-state index in [4.69, 9.17) is 18.9 Å². The molecule has 0 aliphatic rings. The first-order valence-corrected chi connectivity index (χ1v) is 10.2. The molecule has 0 spiro atoms. The van der Waals surface area contributed by atoms with Gasteiger partial charge in [0, 0.05) is 25.2 Å². The van der Waals surface area contributed by atoms with E-state index in [9.17, 15) is 19.8 Å². The van der Waals surface area contributed by atoms with Crippen molar-refractivity contribution in [1.29, 1.82) is 0 Å². The Hall–Kier alpha value is -3.26. The topological polar surface area (TPSA) is 112 Å². The maximum absolute atomic E-state index is 12.2. The highest BCUT2D eigenvalue weighted by Gasteiger charge is 2.27. The molecular formula is C24H30O8. The fourth-order valence-electron chi connectivity index (χ4n) is 3.46. The van der Waals surface area contributed by atoms with Gasteiger partial charge in [0.05, 0.1) is 13.2 Å². The second-order valence-electron chi connectivity index (χ2n) is 7.87. The molecule has 0 aliphatic carbocycles. The van der Waals surface area contributed by atoms with Crippen LogP contribution in [0.1, 0.15) is 60.3 Å². The Balaban J connectivity index is 2.60. The number of ether oxygens (including phenoxy) is 4. The molecule has 2 aromatic rings. The zero-order chi connectivity index (χ0) is 24.0. The van der Waals surface area contributed by atoms with Gasteiger partial charge in [0.1, 0.15) is 23.7 Å². The highest BCUT2D eigenvalue weighted by molar-refractivity contribution is 5.95. The fourth-order valence-corrected chi connectivity index (χ4v) is 3.46. The van der Waals surface area contributed by atoms with Crippen LogP contribution in [0.4, 0.5) is 0 Å². The Labute approximate surface area is 187 Å². The van der Waals surface area contributed by atoms with Crippen LogP contribution in [0.3, 0.4) is 0 Å². The van der Waals surface area contributed by atoms with Crippen LogP contribution >= 0.6 is 0 Å². The van der Waals surface area contributed by atoms with Gasteiger partial charge in [0.25, 0.3) is 0 Å². The van der Waals surface area contributed by atoms with Crippen molar-refractivity contribution in [1.82, 2.24) is 0 Å². The lowest BCUT2D eigenvalue weighted by molar-refractivity contribution is -0.142. The largest absolute Gasteiger partial charge is 0.504 e. The lowest BCUT2D eigenvalue weighted by Crippen LogP contribution is -2.12. The lowest BCUT2D eigenvalue weighted by Gasteiger charge is -2.23. The molecule has 0 unspecified atom stereocenters. The smallest absolute Gasteiger partial charge is 0.343 e. The van der Waals surface area contributed by atoms with Crippen molar-refractivity contribution in [2.24, 2.45) is 5.92 Å². The van der Waals surface area contributed by atoms with Gasteiger partial charge in [-0.3, -0.25) is 4.79 Å². The van der Waals surface area contributed by atoms with E-state index >= 15 is 0 Å². The third-order valence-corrected chi connectivity index (χ3v) is 4.82. The molecular weight excluding hydrogens is 416 g/mol. The van der Waals surface area contributed by atoms with Crippen LogP contribution in [0.15, 0.2) is 24.3 Å². The maximum atomic E-state index is 12.2. The van der Waals surface area contributed by atoms with Crippen LogP contribution in [0.5, 0.6) is 23.0 Å². The Morgan fingerprint density at radius 1 is 1.09 bits per heavy atom. The molecule has 2 rings (SSSR count). The summed E-state index contributed by atoms with van der Waals surface area (Å²) in [7, 11) is 2.94. The molecule has 0 saturated carbocycles. The van der Waals surface area contributed by atoms with Crippen LogP contribution in [0.25, 0.3) is 0 Å². The number of benzene rings is 2. The van der Waals surface area contributed by atoms with Crippen LogP contribution < -0.4 is 9.47 Å². The molecule has 8 heteroatoms. The molecule has 2 aromatic carbocycles. The Morgan fingerprint density at radius 2 is 1.78 bits per heavy atom. The minimum atomic E-state index is -1.26. The molecule has 0 fully saturated rings. The zero-order valence-electron chi connectivity index (χ0n) is 19.2. The first-order chi connectivity index (χ1) is 15.1. The highest BCUT2D eigenvalue weighted by Crippen LogP contribution is 2.43. The molecule has 0 saturated heterocycles. The summed E-state index contributed by atoms with van der Waals surface area (Å²) in [6, 6.07) is 6.35. The average molecular weight is 446 g/mol. The van der Waals surface area contributed by atoms with Crippen molar-refractivity contribution < 1.29 is 38.7 Å². The van der Waals surface area contributed by atoms with Crippen LogP contribution in [-0.2, 0) is 20.9 Å². The number of esters is 1. The summed E-state index contributed by atoms with van der Waals surface area (Å²) in [6.07, 6.45) is 0.293. The number of carboxylic acid groups (broad SMARTS) is 1. The van der Waals surface area contributed by atoms with Crippen molar-refractivity contribution in [3.8, 4) is 23.0 Å². The van der Waals surface area contributed by atoms with E-state index in [0.29, 0.717) is 23.5 Å². The second-order valence-corrected chi connectivity index (χ2v) is 7.87. The molecule has 2 N–H and O–H groups in total. The van der Waals surface area contributed by atoms with Crippen LogP contribution in [0, 0.1) is 12.8 Å². The first kappa shape index (κ1) is 25.0. The Kier molecular flexibility index (Phi) is 8.48. The predicted molar refractivity (Wildman–Crippen MR) is 118 cm³/mol. The van der Waals surface area contributed by atoms with Crippen LogP contribution in [-0.4, -0.2) is 36.4 Å². The number of methoxy groups -OCH3 is 2. The molecule has 0 aliphatic heterocycles. The molecule has 0 aromatic heterocycles. The van der Waals surface area contributed by atoms with Gasteiger partial charge in [0.15, 0.2) is 11.5 Å². The third-order valence-electron chi connectivity index (χ3n) is 4.82. The summed E-state index contributed by atoms with van der Waals surface area (Å²) < 4.78 is 22.0. The van der Waals surface area contributed by atoms with Gasteiger partial charge >= 0.3 is 11.9 Å². The van der Waals surface area contributed by atoms with Gasteiger partial charge in [-0.05, 0) is 49.1 Å². The van der Waals surface area contributed by atoms with Gasteiger partial charge in [-0.15, -0.1) is 0 Å². The van der Waals surface area contributed by atoms with E-state index in [-0.39, 0.29) is 41.3 Å². The number of carbonyl (C=O) groups excluding carboxylic acids is 1. The summed E-state index contributed by atoms with van der Waals surface area (Å²) in [6.45, 7) is 6.97. The van der Waals surface area contributed by atoms with E-state index in [1.54, 1.807) is 26.2 Å². The number of hydrogen-bond acceptors (Lipinski definition) is 7. The Bertz CT molecular complexity index is 980. The van der Waals surface area contributed by atoms with Crippen molar-refractivity contribution in [2.75, 3.05) is 14.2 Å². The number of carbonyl (C=O) groups is 2. The monoisotopic (exact) mass is 446 g/mol. The summed E-state index contributed by atoms with van der Waals surface area (Å²) >= 11 is 0. The number of rotatable bonds is 10. The van der Waals surface area contributed by atoms with E-state index in [2.05, 4.69) is 0 Å². The highest BCUT2D eigenvalue weighted by atomic mass is 16.5. The lowest BCUT2D eigenvalue weighted by atomic mass is 9.96. The number of hydrogen-bond donors (Lipinski definition) is 2. The molecule has 0 bridgehead atoms. The standard InChI is InChI=1S/C24H30O8/c1-13(2)9-20(29-5)17-7-8-19(21(24(27)28)23(17)30-6)32-22-16(12-31-15(4)25)10-14(3)11-18(22)26/h7-8,10-11,13,20,26H,9,12H2,1-6H3,(H,27,28)/t20-/m0/s1. The van der Waals surface area contributed by atoms with Crippen molar-refractivity contribution >= 4 is 11.9 Å². The molecule has 8 nitrogen and oxygen atoms in total. The van der Waals surface area contributed by atoms with E-state index in [1.165, 1.54) is 26.2 Å². The minimum Gasteiger partial charge on any atom is -0.504 e. The fraction of sp³-hybridized carbons (Fsp3) is 0.417. The number of phenolic OH excluding ortho intramolecular Hbond substituents is 1. The molecule has 0 heterocycles. The van der Waals surface area contributed by atoms with E-state index in [1.807, 2.05) is 13.8 Å². The van der Waals surface area contributed by atoms with Crippen molar-refractivity contribution in [3.05, 3.63) is 46.5 Å². The number of aromatic carboxylic acids is 1. The number of aryl methyl sites for hydroxylation is 1. The number of phenols is 1. The minimum absolute atomic E-state index is 0.000347. The van der Waals surface area contributed by atoms with Crippen LogP contribution in [0.2, 0.25) is 0 Å². The van der Waals surface area contributed by atoms with E-state index in [0.717, 1.165) is 5.56 Å². The van der Waals surface area contributed by atoms with Gasteiger partial charge in [-0.2, -0.15) is 0 Å². The summed E-state index contributed by atoms with van der Waals surface area (Å²) in [5.74, 6) is -1.56. The number of aromatic hydroxyl groups is 1. The molecule has 0 amide bonds. The average Bonchev–Trinajstić information content (AvgIpc) is 2.71. The summed E-state index contributed by atoms with van der Waals surface area (Å²) in [4.78, 5) is 23.4. The first-order valence-electron chi connectivity index (χ1n) is 10.2.